The number of hydrogen-bond donors (Lipinski definition) is 2. The van der Waals surface area contributed by atoms with Crippen LogP contribution >= 0.6 is 0 Å². The number of sulfone groups is 2. The Morgan fingerprint density at radius 3 is 1.49 bits per heavy atom. The van der Waals surface area contributed by atoms with Gasteiger partial charge in [0, 0.05) is 0 Å². The van der Waals surface area contributed by atoms with Crippen molar-refractivity contribution in [3.8, 4) is 0 Å². The second kappa shape index (κ2) is 14.4. The summed E-state index contributed by atoms with van der Waals surface area (Å²) in [5.41, 5.74) is 13.5. The first-order valence-electron chi connectivity index (χ1n) is 11.5. The molecule has 0 aliphatic rings. The Kier molecular flexibility index (Phi) is 12.1. The van der Waals surface area contributed by atoms with E-state index >= 15 is 0 Å². The van der Waals surface area contributed by atoms with Crippen LogP contribution in [0.15, 0.2) is 90.9 Å². The van der Waals surface area contributed by atoms with Crippen molar-refractivity contribution >= 4 is 64.2 Å². The SMILES string of the molecule is CCCS(=O)(=O)c1ccc(N=Nc2cc(N=Nc3ccc(S(=O)(=O)CCOS(=O)(=O)[O-])cc3)c(N)cc2N)cc1.[Na+]. The van der Waals surface area contributed by atoms with Gasteiger partial charge in [0.2, 0.25) is 10.4 Å². The van der Waals surface area contributed by atoms with Gasteiger partial charge in [-0.05, 0) is 67.1 Å². The quantitative estimate of drug-likeness (QED) is 0.0948. The maximum absolute atomic E-state index is 12.3. The van der Waals surface area contributed by atoms with E-state index in [1.54, 1.807) is 6.92 Å². The molecule has 0 bridgehead atoms. The monoisotopic (exact) mass is 632 g/mol. The first-order chi connectivity index (χ1) is 18.7. The van der Waals surface area contributed by atoms with Crippen LogP contribution < -0.4 is 41.0 Å². The summed E-state index contributed by atoms with van der Waals surface area (Å²) >= 11 is 0. The molecular formula is C23H25N6NaO8S3. The molecular weight excluding hydrogens is 607 g/mol. The van der Waals surface area contributed by atoms with Crippen LogP contribution in [0.2, 0.25) is 0 Å². The predicted molar refractivity (Wildman–Crippen MR) is 147 cm³/mol. The average molecular weight is 633 g/mol. The molecule has 4 N–H and O–H groups in total. The summed E-state index contributed by atoms with van der Waals surface area (Å²) in [6.07, 6.45) is 0.503. The topological polar surface area (TPSA) is 236 Å². The number of benzene rings is 3. The van der Waals surface area contributed by atoms with Gasteiger partial charge in [0.15, 0.2) is 19.7 Å². The van der Waals surface area contributed by atoms with Gasteiger partial charge in [-0.3, -0.25) is 4.18 Å². The summed E-state index contributed by atoms with van der Waals surface area (Å²) < 4.78 is 84.2. The molecule has 3 aromatic rings. The maximum Gasteiger partial charge on any atom is 1.00 e. The van der Waals surface area contributed by atoms with E-state index in [0.717, 1.165) is 0 Å². The molecule has 14 nitrogen and oxygen atoms in total. The summed E-state index contributed by atoms with van der Waals surface area (Å²) in [4.78, 5) is 0.0568. The Hall–Kier alpha value is -2.77. The van der Waals surface area contributed by atoms with Crippen LogP contribution in [-0.4, -0.2) is 47.9 Å². The standard InChI is InChI=1S/C23H26N6O8S3.Na/c1-2-12-38(30,31)18-7-3-16(4-8-18)26-28-22-15-23(21(25)14-20(22)24)29-27-17-5-9-19(10-6-17)39(32,33)13-11-37-40(34,35)36;/h3-10,14-15H,2,11-13,24-25H2,1H3,(H,34,35,36);/q;+1/p-1. The van der Waals surface area contributed by atoms with Crippen LogP contribution in [0.4, 0.5) is 34.1 Å². The zero-order chi connectivity index (χ0) is 29.6. The van der Waals surface area contributed by atoms with Crippen molar-refractivity contribution in [2.24, 2.45) is 20.5 Å². The maximum atomic E-state index is 12.3. The first-order valence-corrected chi connectivity index (χ1v) is 16.1. The fourth-order valence-corrected chi connectivity index (χ4v) is 6.00. The number of nitrogen functional groups attached to an aromatic ring is 2. The van der Waals surface area contributed by atoms with Gasteiger partial charge in [-0.2, -0.15) is 10.2 Å². The molecule has 18 heteroatoms. The van der Waals surface area contributed by atoms with Crippen molar-refractivity contribution < 1.29 is 63.5 Å². The molecule has 0 radical (unpaired) electrons. The summed E-state index contributed by atoms with van der Waals surface area (Å²) in [6.45, 7) is 0.975. The van der Waals surface area contributed by atoms with E-state index in [2.05, 4.69) is 24.6 Å². The number of rotatable bonds is 12. The zero-order valence-corrected chi connectivity index (χ0v) is 26.5. The molecule has 0 saturated heterocycles. The van der Waals surface area contributed by atoms with Crippen molar-refractivity contribution in [1.82, 2.24) is 0 Å². The Labute approximate surface area is 260 Å². The van der Waals surface area contributed by atoms with Crippen molar-refractivity contribution in [3.05, 3.63) is 60.7 Å². The van der Waals surface area contributed by atoms with Crippen molar-refractivity contribution in [3.63, 3.8) is 0 Å². The number of nitrogens with zero attached hydrogens (tertiary/aromatic N) is 4. The van der Waals surface area contributed by atoms with Gasteiger partial charge < -0.3 is 16.0 Å². The smallest absolute Gasteiger partial charge is 0.726 e. The second-order valence-electron chi connectivity index (χ2n) is 8.23. The van der Waals surface area contributed by atoms with Crippen LogP contribution in [0.5, 0.6) is 0 Å². The van der Waals surface area contributed by atoms with Crippen molar-refractivity contribution in [1.29, 1.82) is 0 Å². The Morgan fingerprint density at radius 1 is 0.683 bits per heavy atom. The molecule has 0 fully saturated rings. The summed E-state index contributed by atoms with van der Waals surface area (Å²) in [7, 11) is -12.3. The van der Waals surface area contributed by atoms with Crippen LogP contribution in [0.25, 0.3) is 0 Å². The number of hydrogen-bond acceptors (Lipinski definition) is 14. The normalized spacial score (nSPS) is 12.5. The van der Waals surface area contributed by atoms with Crippen LogP contribution in [-0.2, 0) is 34.3 Å². The molecule has 0 heterocycles. The van der Waals surface area contributed by atoms with E-state index in [1.807, 2.05) is 0 Å². The van der Waals surface area contributed by atoms with E-state index < -0.39 is 42.4 Å². The minimum Gasteiger partial charge on any atom is -0.726 e. The minimum atomic E-state index is -5.00. The molecule has 0 atom stereocenters. The van der Waals surface area contributed by atoms with E-state index in [-0.39, 0.29) is 73.5 Å². The van der Waals surface area contributed by atoms with Gasteiger partial charge >= 0.3 is 29.6 Å². The minimum absolute atomic E-state index is 0. The van der Waals surface area contributed by atoms with Crippen molar-refractivity contribution in [2.75, 3.05) is 29.6 Å². The van der Waals surface area contributed by atoms with E-state index in [9.17, 15) is 29.8 Å². The fraction of sp³-hybridized carbons (Fsp3) is 0.217. The molecule has 214 valence electrons. The molecule has 0 aromatic heterocycles. The third-order valence-electron chi connectivity index (χ3n) is 5.17. The summed E-state index contributed by atoms with van der Waals surface area (Å²) in [6, 6.07) is 14.0. The van der Waals surface area contributed by atoms with E-state index in [4.69, 9.17) is 11.5 Å². The van der Waals surface area contributed by atoms with Gasteiger partial charge in [0.05, 0.1) is 50.7 Å². The first kappa shape index (κ1) is 34.4. The second-order valence-corrected chi connectivity index (χ2v) is 13.5. The fourth-order valence-electron chi connectivity index (χ4n) is 3.20. The summed E-state index contributed by atoms with van der Waals surface area (Å²) in [5.74, 6) is -0.666. The van der Waals surface area contributed by atoms with Crippen LogP contribution in [0.3, 0.4) is 0 Å². The number of azo groups is 2. The Morgan fingerprint density at radius 2 is 1.10 bits per heavy atom. The molecule has 0 unspecified atom stereocenters. The van der Waals surface area contributed by atoms with Gasteiger partial charge in [-0.25, -0.2) is 25.3 Å². The third-order valence-corrected chi connectivity index (χ3v) is 9.25. The molecule has 0 amide bonds. The average Bonchev–Trinajstić information content (AvgIpc) is 2.87. The Bertz CT molecular complexity index is 1750. The van der Waals surface area contributed by atoms with Gasteiger partial charge in [0.1, 0.15) is 11.4 Å². The van der Waals surface area contributed by atoms with Gasteiger partial charge in [-0.1, -0.05) is 6.92 Å². The van der Waals surface area contributed by atoms with E-state index in [0.29, 0.717) is 12.1 Å². The van der Waals surface area contributed by atoms with Crippen LogP contribution in [0.1, 0.15) is 13.3 Å². The molecule has 0 aliphatic carbocycles. The molecule has 0 spiro atoms. The largest absolute Gasteiger partial charge is 1.00 e. The predicted octanol–water partition coefficient (Wildman–Crippen LogP) is 1.12. The molecule has 41 heavy (non-hydrogen) atoms. The van der Waals surface area contributed by atoms with E-state index in [1.165, 1.54) is 60.7 Å². The van der Waals surface area contributed by atoms with Crippen LogP contribution in [0, 0.1) is 0 Å². The summed E-state index contributed by atoms with van der Waals surface area (Å²) in [5, 5.41) is 16.3. The molecule has 3 aromatic carbocycles. The van der Waals surface area contributed by atoms with Gasteiger partial charge in [-0.15, -0.1) is 10.2 Å². The molecule has 0 aliphatic heterocycles. The third kappa shape index (κ3) is 10.2. The Balaban J connectivity index is 0.00000588. The molecule has 3 rings (SSSR count). The number of nitrogens with two attached hydrogens (primary N) is 2. The van der Waals surface area contributed by atoms with Gasteiger partial charge in [0.25, 0.3) is 0 Å². The van der Waals surface area contributed by atoms with Crippen molar-refractivity contribution in [2.45, 2.75) is 23.1 Å². The zero-order valence-electron chi connectivity index (χ0n) is 22.0. The number of anilines is 2. The molecule has 0 saturated carbocycles.